The summed E-state index contributed by atoms with van der Waals surface area (Å²) in [5.74, 6) is 0.563. The molecule has 1 aromatic carbocycles. The predicted octanol–water partition coefficient (Wildman–Crippen LogP) is 1.85. The lowest BCUT2D eigenvalue weighted by Gasteiger charge is -2.05. The average Bonchev–Trinajstić information content (AvgIpc) is 2.86. The maximum Gasteiger partial charge on any atom is 0.316 e. The number of nitrogens with zero attached hydrogens (tertiary/aromatic N) is 4. The Bertz CT molecular complexity index is 800. The Labute approximate surface area is 119 Å². The Morgan fingerprint density at radius 1 is 1.35 bits per heavy atom. The van der Waals surface area contributed by atoms with Gasteiger partial charge in [0.05, 0.1) is 18.4 Å². The van der Waals surface area contributed by atoms with E-state index in [4.69, 9.17) is 0 Å². The van der Waals surface area contributed by atoms with Gasteiger partial charge in [-0.1, -0.05) is 23.9 Å². The number of rotatable bonds is 3. The van der Waals surface area contributed by atoms with E-state index in [1.807, 2.05) is 31.2 Å². The molecule has 102 valence electrons. The number of benzene rings is 1. The minimum absolute atomic E-state index is 0.190. The van der Waals surface area contributed by atoms with Crippen molar-refractivity contribution in [2.45, 2.75) is 12.1 Å². The molecule has 3 rings (SSSR count). The fourth-order valence-electron chi connectivity index (χ4n) is 1.91. The second kappa shape index (κ2) is 5.09. The number of aromatic nitrogens is 4. The fraction of sp³-hybridized carbons (Fsp3) is 0.231. The van der Waals surface area contributed by atoms with E-state index in [0.717, 1.165) is 16.6 Å². The molecule has 0 unspecified atom stereocenters. The largest absolute Gasteiger partial charge is 0.468 e. The van der Waals surface area contributed by atoms with Gasteiger partial charge in [0.2, 0.25) is 0 Å². The minimum atomic E-state index is -0.296. The van der Waals surface area contributed by atoms with Gasteiger partial charge < -0.3 is 4.74 Å². The molecule has 0 aliphatic rings. The highest BCUT2D eigenvalue weighted by Crippen LogP contribution is 2.23. The van der Waals surface area contributed by atoms with E-state index in [1.54, 1.807) is 4.52 Å². The lowest BCUT2D eigenvalue weighted by Crippen LogP contribution is -2.06. The van der Waals surface area contributed by atoms with Crippen LogP contribution in [0.25, 0.3) is 16.6 Å². The van der Waals surface area contributed by atoms with Gasteiger partial charge >= 0.3 is 5.97 Å². The van der Waals surface area contributed by atoms with Gasteiger partial charge in [0.15, 0.2) is 10.8 Å². The molecule has 2 heterocycles. The molecule has 0 saturated heterocycles. The Morgan fingerprint density at radius 3 is 2.95 bits per heavy atom. The van der Waals surface area contributed by atoms with Crippen LogP contribution in [-0.4, -0.2) is 38.4 Å². The van der Waals surface area contributed by atoms with Crippen LogP contribution in [0.1, 0.15) is 5.82 Å². The number of hydrogen-bond donors (Lipinski definition) is 0. The quantitative estimate of drug-likeness (QED) is 0.416. The first-order valence-electron chi connectivity index (χ1n) is 6.01. The van der Waals surface area contributed by atoms with Crippen LogP contribution >= 0.6 is 11.8 Å². The van der Waals surface area contributed by atoms with Gasteiger partial charge in [-0.2, -0.15) is 4.52 Å². The fourth-order valence-corrected chi connectivity index (χ4v) is 2.69. The van der Waals surface area contributed by atoms with E-state index in [0.29, 0.717) is 11.0 Å². The van der Waals surface area contributed by atoms with Gasteiger partial charge in [-0.25, -0.2) is 9.97 Å². The van der Waals surface area contributed by atoms with Crippen molar-refractivity contribution in [1.29, 1.82) is 0 Å². The number of ether oxygens (including phenoxy) is 1. The highest BCUT2D eigenvalue weighted by Gasteiger charge is 2.13. The number of thioether (sulfide) groups is 1. The third kappa shape index (κ3) is 2.20. The number of hydrogen-bond acceptors (Lipinski definition) is 6. The van der Waals surface area contributed by atoms with Gasteiger partial charge in [-0.3, -0.25) is 4.79 Å². The van der Waals surface area contributed by atoms with E-state index in [-0.39, 0.29) is 11.7 Å². The maximum atomic E-state index is 11.3. The van der Waals surface area contributed by atoms with Gasteiger partial charge in [-0.15, -0.1) is 5.10 Å². The molecule has 0 saturated carbocycles. The lowest BCUT2D eigenvalue weighted by atomic mass is 10.2. The Hall–Kier alpha value is -2.15. The summed E-state index contributed by atoms with van der Waals surface area (Å²) < 4.78 is 6.32. The number of fused-ring (bicyclic) bond motifs is 3. The summed E-state index contributed by atoms with van der Waals surface area (Å²) in [5.41, 5.74) is 1.58. The van der Waals surface area contributed by atoms with E-state index in [2.05, 4.69) is 19.8 Å². The van der Waals surface area contributed by atoms with Gasteiger partial charge in [-0.05, 0) is 19.1 Å². The zero-order chi connectivity index (χ0) is 14.1. The van der Waals surface area contributed by atoms with Crippen molar-refractivity contribution in [2.24, 2.45) is 0 Å². The molecule has 0 spiro atoms. The smallest absolute Gasteiger partial charge is 0.316 e. The summed E-state index contributed by atoms with van der Waals surface area (Å²) in [6.45, 7) is 1.83. The SMILES string of the molecule is COC(=O)CSc1nc2ccccc2c2nc(C)nn12. The predicted molar refractivity (Wildman–Crippen MR) is 75.8 cm³/mol. The normalized spacial score (nSPS) is 11.1. The number of esters is 1. The van der Waals surface area contributed by atoms with Crippen LogP contribution in [0.3, 0.4) is 0 Å². The van der Waals surface area contributed by atoms with Crippen molar-refractivity contribution in [1.82, 2.24) is 19.6 Å². The van der Waals surface area contributed by atoms with Crippen molar-refractivity contribution >= 4 is 34.3 Å². The Balaban J connectivity index is 2.15. The van der Waals surface area contributed by atoms with Crippen molar-refractivity contribution < 1.29 is 9.53 Å². The molecule has 0 radical (unpaired) electrons. The topological polar surface area (TPSA) is 69.4 Å². The van der Waals surface area contributed by atoms with Gasteiger partial charge in [0.1, 0.15) is 5.82 Å². The molecule has 0 bridgehead atoms. The first-order valence-corrected chi connectivity index (χ1v) is 6.99. The van der Waals surface area contributed by atoms with Gasteiger partial charge in [0.25, 0.3) is 0 Å². The number of para-hydroxylation sites is 1. The van der Waals surface area contributed by atoms with Crippen molar-refractivity contribution in [2.75, 3.05) is 12.9 Å². The summed E-state index contributed by atoms with van der Waals surface area (Å²) in [5, 5.41) is 5.91. The standard InChI is InChI=1S/C13H12N4O2S/c1-8-14-12-9-5-3-4-6-10(9)15-13(17(12)16-8)20-7-11(18)19-2/h3-6H,7H2,1-2H3. The van der Waals surface area contributed by atoms with Crippen LogP contribution < -0.4 is 0 Å². The number of carbonyl (C=O) groups excluding carboxylic acids is 1. The molecule has 0 aliphatic heterocycles. The third-order valence-corrected chi connectivity index (χ3v) is 3.70. The average molecular weight is 288 g/mol. The van der Waals surface area contributed by atoms with Crippen LogP contribution in [0.5, 0.6) is 0 Å². The summed E-state index contributed by atoms with van der Waals surface area (Å²) in [4.78, 5) is 20.2. The number of aryl methyl sites for hydroxylation is 1. The molecular weight excluding hydrogens is 276 g/mol. The van der Waals surface area contributed by atoms with E-state index >= 15 is 0 Å². The first kappa shape index (κ1) is 12.9. The molecule has 0 N–H and O–H groups in total. The molecule has 7 heteroatoms. The summed E-state index contributed by atoms with van der Waals surface area (Å²) in [6, 6.07) is 7.74. The molecule has 2 aromatic heterocycles. The van der Waals surface area contributed by atoms with Crippen LogP contribution in [0.2, 0.25) is 0 Å². The Kier molecular flexibility index (Phi) is 3.27. The van der Waals surface area contributed by atoms with Crippen LogP contribution in [0.15, 0.2) is 29.4 Å². The summed E-state index contributed by atoms with van der Waals surface area (Å²) >= 11 is 1.29. The van der Waals surface area contributed by atoms with Gasteiger partial charge in [0, 0.05) is 5.39 Å². The molecule has 0 atom stereocenters. The van der Waals surface area contributed by atoms with E-state index in [9.17, 15) is 4.79 Å². The number of methoxy groups -OCH3 is 1. The van der Waals surface area contributed by atoms with E-state index in [1.165, 1.54) is 18.9 Å². The number of carbonyl (C=O) groups is 1. The van der Waals surface area contributed by atoms with Crippen molar-refractivity contribution in [3.63, 3.8) is 0 Å². The second-order valence-corrected chi connectivity index (χ2v) is 5.11. The van der Waals surface area contributed by atoms with Crippen LogP contribution in [-0.2, 0) is 9.53 Å². The molecule has 0 amide bonds. The summed E-state index contributed by atoms with van der Waals surface area (Å²) in [7, 11) is 1.37. The molecule has 20 heavy (non-hydrogen) atoms. The van der Waals surface area contributed by atoms with Crippen molar-refractivity contribution in [3.05, 3.63) is 30.1 Å². The molecule has 0 aliphatic carbocycles. The Morgan fingerprint density at radius 2 is 2.15 bits per heavy atom. The minimum Gasteiger partial charge on any atom is -0.468 e. The lowest BCUT2D eigenvalue weighted by molar-refractivity contribution is -0.137. The van der Waals surface area contributed by atoms with Crippen molar-refractivity contribution in [3.8, 4) is 0 Å². The molecule has 0 fully saturated rings. The maximum absolute atomic E-state index is 11.3. The molecule has 3 aromatic rings. The zero-order valence-corrected chi connectivity index (χ0v) is 11.8. The first-order chi connectivity index (χ1) is 9.69. The van der Waals surface area contributed by atoms with Crippen LogP contribution in [0, 0.1) is 6.92 Å². The third-order valence-electron chi connectivity index (χ3n) is 2.80. The van der Waals surface area contributed by atoms with E-state index < -0.39 is 0 Å². The highest BCUT2D eigenvalue weighted by molar-refractivity contribution is 7.99. The highest BCUT2D eigenvalue weighted by atomic mass is 32.2. The zero-order valence-electron chi connectivity index (χ0n) is 11.0. The molecule has 6 nitrogen and oxygen atoms in total. The molecular formula is C13H12N4O2S. The second-order valence-electron chi connectivity index (χ2n) is 4.17. The van der Waals surface area contributed by atoms with Crippen LogP contribution in [0.4, 0.5) is 0 Å². The monoisotopic (exact) mass is 288 g/mol. The summed E-state index contributed by atoms with van der Waals surface area (Å²) in [6.07, 6.45) is 0.